The van der Waals surface area contributed by atoms with E-state index in [4.69, 9.17) is 10.5 Å². The Kier molecular flexibility index (Phi) is 12.0. The Bertz CT molecular complexity index is 822. The summed E-state index contributed by atoms with van der Waals surface area (Å²) in [6.07, 6.45) is 3.33. The Hall–Kier alpha value is -0.977. The zero-order valence-electron chi connectivity index (χ0n) is 16.4. The van der Waals surface area contributed by atoms with E-state index in [9.17, 15) is 8.42 Å². The second-order valence-corrected chi connectivity index (χ2v) is 8.34. The molecule has 0 aromatic heterocycles. The van der Waals surface area contributed by atoms with E-state index in [0.717, 1.165) is 24.8 Å². The fourth-order valence-electron chi connectivity index (χ4n) is 3.18. The molecule has 0 radical (unpaired) electrons. The average molecular weight is 524 g/mol. The second kappa shape index (κ2) is 13.4. The molecule has 2 aromatic carbocycles. The SMILES string of the molecule is [CH3-].[Cl][Ru+3].[NH-]C1CCCCC1[N-]S(=O)(=O)Cc1ccccc1OCc1ccccc1. The summed E-state index contributed by atoms with van der Waals surface area (Å²) in [7, 11) is 0.921. The van der Waals surface area contributed by atoms with Crippen LogP contribution in [0.25, 0.3) is 10.5 Å². The quantitative estimate of drug-likeness (QED) is 0.331. The number of benzene rings is 2. The molecule has 29 heavy (non-hydrogen) atoms. The van der Waals surface area contributed by atoms with Gasteiger partial charge < -0.3 is 22.6 Å². The summed E-state index contributed by atoms with van der Waals surface area (Å²) in [6, 6.07) is 16.1. The normalized spacial score (nSPS) is 18.7. The first kappa shape index (κ1) is 26.1. The van der Waals surface area contributed by atoms with Gasteiger partial charge in [0.05, 0.1) is 15.8 Å². The van der Waals surface area contributed by atoms with Crippen molar-refractivity contribution < 1.29 is 30.5 Å². The number of para-hydroxylation sites is 1. The number of halogens is 1. The molecule has 1 aliphatic rings. The minimum atomic E-state index is -3.65. The predicted molar refractivity (Wildman–Crippen MR) is 116 cm³/mol. The van der Waals surface area contributed by atoms with E-state index >= 15 is 0 Å². The van der Waals surface area contributed by atoms with Crippen molar-refractivity contribution in [1.29, 1.82) is 0 Å². The fourth-order valence-corrected chi connectivity index (χ4v) is 4.55. The molecule has 0 saturated heterocycles. The second-order valence-electron chi connectivity index (χ2n) is 6.67. The largest absolute Gasteiger partial charge is 0.676 e. The van der Waals surface area contributed by atoms with E-state index in [1.807, 2.05) is 53.7 Å². The van der Waals surface area contributed by atoms with Crippen LogP contribution in [-0.4, -0.2) is 20.5 Å². The van der Waals surface area contributed by atoms with E-state index in [1.165, 1.54) is 0 Å². The summed E-state index contributed by atoms with van der Waals surface area (Å²) in [5, 5.41) is 0. The molecule has 2 atom stereocenters. The topological polar surface area (TPSA) is 81.3 Å². The first-order chi connectivity index (χ1) is 13.5. The first-order valence-corrected chi connectivity index (χ1v) is 12.9. The van der Waals surface area contributed by atoms with Crippen molar-refractivity contribution >= 4 is 19.7 Å². The van der Waals surface area contributed by atoms with Gasteiger partial charge in [-0.15, -0.1) is 6.04 Å². The van der Waals surface area contributed by atoms with Crippen LogP contribution in [0.15, 0.2) is 54.6 Å². The number of nitrogens with zero attached hydrogens (tertiary/aromatic N) is 1. The van der Waals surface area contributed by atoms with Crippen LogP contribution in [0.4, 0.5) is 0 Å². The Morgan fingerprint density at radius 1 is 1.03 bits per heavy atom. The van der Waals surface area contributed by atoms with Crippen LogP contribution in [0, 0.1) is 7.43 Å². The fraction of sp³-hybridized carbons (Fsp3) is 0.381. The smallest absolute Gasteiger partial charge is 0.123 e. The maximum Gasteiger partial charge on any atom is 0.123 e. The van der Waals surface area contributed by atoms with Crippen LogP contribution >= 0.6 is 9.69 Å². The average Bonchev–Trinajstić information content (AvgIpc) is 2.71. The molecule has 0 heterocycles. The molecule has 160 valence electrons. The molecule has 3 rings (SSSR count). The Morgan fingerprint density at radius 2 is 1.66 bits per heavy atom. The van der Waals surface area contributed by atoms with Crippen molar-refractivity contribution in [1.82, 2.24) is 0 Å². The van der Waals surface area contributed by atoms with Crippen molar-refractivity contribution in [3.05, 3.63) is 83.6 Å². The van der Waals surface area contributed by atoms with Crippen LogP contribution in [0.3, 0.4) is 0 Å². The molecule has 8 heteroatoms. The van der Waals surface area contributed by atoms with Crippen molar-refractivity contribution in [2.75, 3.05) is 0 Å². The number of hydrogen-bond acceptors (Lipinski definition) is 3. The summed E-state index contributed by atoms with van der Waals surface area (Å²) in [5.74, 6) is 0.363. The maximum atomic E-state index is 12.5. The summed E-state index contributed by atoms with van der Waals surface area (Å²) in [5.41, 5.74) is 9.63. The van der Waals surface area contributed by atoms with Crippen molar-refractivity contribution in [2.45, 2.75) is 50.1 Å². The third-order valence-electron chi connectivity index (χ3n) is 4.57. The van der Waals surface area contributed by atoms with Crippen LogP contribution in [0.2, 0.25) is 0 Å². The number of sulfonamides is 1. The van der Waals surface area contributed by atoms with Gasteiger partial charge in [0.25, 0.3) is 0 Å². The first-order valence-electron chi connectivity index (χ1n) is 9.07. The van der Waals surface area contributed by atoms with E-state index in [1.54, 1.807) is 18.2 Å². The molecule has 0 amide bonds. The molecule has 0 aliphatic heterocycles. The Labute approximate surface area is 189 Å². The standard InChI is InChI=1S/C20H24N2O3S.CH3.ClH.Ru/c21-18-11-5-6-12-19(18)22-26(23,24)15-17-10-4-7-13-20(17)25-14-16-8-2-1-3-9-16;;;/h1-4,7-10,13,18-19,21H,5-6,11-12,14-15H2;1H3;1H;/q-2;-1;;+4/p-1. The van der Waals surface area contributed by atoms with Gasteiger partial charge in [0.15, 0.2) is 0 Å². The van der Waals surface area contributed by atoms with Crippen molar-refractivity contribution in [3.63, 3.8) is 0 Å². The molecular weight excluding hydrogens is 497 g/mol. The number of hydrogen-bond donors (Lipinski definition) is 0. The molecule has 5 nitrogen and oxygen atoms in total. The molecular formula is C21H27ClN2O3RuS. The van der Waals surface area contributed by atoms with Gasteiger partial charge in [0.2, 0.25) is 0 Å². The number of ether oxygens (including phenoxy) is 1. The molecule has 1 saturated carbocycles. The van der Waals surface area contributed by atoms with Gasteiger partial charge in [-0.2, -0.15) is 6.04 Å². The van der Waals surface area contributed by atoms with Crippen LogP contribution in [0.1, 0.15) is 36.8 Å². The minimum Gasteiger partial charge on any atom is -0.676 e. The molecule has 0 spiro atoms. The van der Waals surface area contributed by atoms with E-state index in [0.29, 0.717) is 24.3 Å². The van der Waals surface area contributed by atoms with Crippen molar-refractivity contribution in [2.24, 2.45) is 0 Å². The Balaban J connectivity index is 0.00000136. The maximum absolute atomic E-state index is 12.5. The van der Waals surface area contributed by atoms with Gasteiger partial charge in [-0.05, 0) is 11.6 Å². The van der Waals surface area contributed by atoms with Gasteiger partial charge in [0.1, 0.15) is 12.4 Å². The molecule has 1 N–H and O–H groups in total. The van der Waals surface area contributed by atoms with Gasteiger partial charge in [-0.1, -0.05) is 74.2 Å². The van der Waals surface area contributed by atoms with Crippen molar-refractivity contribution in [3.8, 4) is 5.75 Å². The Morgan fingerprint density at radius 3 is 2.34 bits per heavy atom. The van der Waals surface area contributed by atoms with Crippen LogP contribution in [0.5, 0.6) is 5.75 Å². The molecule has 1 aliphatic carbocycles. The molecule has 0 bridgehead atoms. The third kappa shape index (κ3) is 8.73. The predicted octanol–water partition coefficient (Wildman–Crippen LogP) is 5.97. The van der Waals surface area contributed by atoms with Gasteiger partial charge in [0, 0.05) is 5.56 Å². The zero-order valence-corrected chi connectivity index (χ0v) is 19.7. The van der Waals surface area contributed by atoms with Gasteiger partial charge in [-0.25, -0.2) is 8.42 Å². The number of nitrogens with one attached hydrogen (secondary N) is 1. The van der Waals surface area contributed by atoms with Gasteiger partial charge in [-0.3, -0.25) is 0 Å². The summed E-state index contributed by atoms with van der Waals surface area (Å²) in [6.45, 7) is 0.381. The molecule has 2 aromatic rings. The zero-order chi connectivity index (χ0) is 20.4. The molecule has 1 fully saturated rings. The van der Waals surface area contributed by atoms with Crippen LogP contribution < -0.4 is 4.74 Å². The minimum absolute atomic E-state index is 0. The summed E-state index contributed by atoms with van der Waals surface area (Å²) in [4.78, 5) is 0. The van der Waals surface area contributed by atoms with E-state index in [2.05, 4.69) is 14.4 Å². The third-order valence-corrected chi connectivity index (χ3v) is 5.84. The van der Waals surface area contributed by atoms with Gasteiger partial charge >= 0.3 is 27.0 Å². The summed E-state index contributed by atoms with van der Waals surface area (Å²) >= 11 is 1.82. The van der Waals surface area contributed by atoms with E-state index in [-0.39, 0.29) is 13.2 Å². The number of rotatable bonds is 7. The monoisotopic (exact) mass is 524 g/mol. The summed E-state index contributed by atoms with van der Waals surface area (Å²) < 4.78 is 34.9. The van der Waals surface area contributed by atoms with E-state index < -0.39 is 22.1 Å². The van der Waals surface area contributed by atoms with Crippen LogP contribution in [-0.2, 0) is 39.7 Å². The molecule has 2 unspecified atom stereocenters.